The molecule has 15 heavy (non-hydrogen) atoms. The minimum absolute atomic E-state index is 0.0793. The fraction of sp³-hybridized carbons (Fsp3) is 0.818. The highest BCUT2D eigenvalue weighted by molar-refractivity contribution is 5.12. The molecule has 0 aromatic rings. The molecule has 3 fully saturated rings. The Morgan fingerprint density at radius 1 is 1.33 bits per heavy atom. The van der Waals surface area contributed by atoms with Gasteiger partial charge in [0.2, 0.25) is 0 Å². The lowest BCUT2D eigenvalue weighted by atomic mass is 9.99. The lowest BCUT2D eigenvalue weighted by Gasteiger charge is -2.49. The zero-order valence-corrected chi connectivity index (χ0v) is 9.06. The van der Waals surface area contributed by atoms with E-state index in [9.17, 15) is 0 Å². The average molecular weight is 209 g/mol. The smallest absolute Gasteiger partial charge is 0.110 e. The monoisotopic (exact) mass is 209 g/mol. The van der Waals surface area contributed by atoms with Crippen LogP contribution in [0.25, 0.3) is 0 Å². The van der Waals surface area contributed by atoms with Gasteiger partial charge >= 0.3 is 0 Å². The third kappa shape index (κ3) is 1.67. The quantitative estimate of drug-likeness (QED) is 0.673. The number of hydrogen-bond donors (Lipinski definition) is 1. The van der Waals surface area contributed by atoms with E-state index in [0.29, 0.717) is 6.04 Å². The number of piperazine rings is 3. The third-order valence-electron chi connectivity index (χ3n) is 3.80. The van der Waals surface area contributed by atoms with E-state index in [1.165, 1.54) is 26.2 Å². The van der Waals surface area contributed by atoms with Gasteiger partial charge in [-0.25, -0.2) is 0 Å². The van der Waals surface area contributed by atoms with Crippen LogP contribution < -0.4 is 5.73 Å². The van der Waals surface area contributed by atoms with Gasteiger partial charge in [0, 0.05) is 45.2 Å². The van der Waals surface area contributed by atoms with Crippen molar-refractivity contribution in [2.45, 2.75) is 18.5 Å². The summed E-state index contributed by atoms with van der Waals surface area (Å²) >= 11 is 0. The van der Waals surface area contributed by atoms with Crippen LogP contribution in [0.4, 0.5) is 0 Å². The molecule has 2 bridgehead atoms. The van der Waals surface area contributed by atoms with Crippen molar-refractivity contribution in [3.05, 3.63) is 11.8 Å². The van der Waals surface area contributed by atoms with Crippen molar-refractivity contribution in [3.8, 4) is 0 Å². The predicted octanol–water partition coefficient (Wildman–Crippen LogP) is -0.382. The predicted molar refractivity (Wildman–Crippen MR) is 58.4 cm³/mol. The Morgan fingerprint density at radius 2 is 2.13 bits per heavy atom. The van der Waals surface area contributed by atoms with E-state index in [0.717, 1.165) is 25.3 Å². The van der Waals surface area contributed by atoms with Crippen molar-refractivity contribution in [2.24, 2.45) is 5.73 Å². The number of nitrogens with zero attached hydrogens (tertiary/aromatic N) is 2. The van der Waals surface area contributed by atoms with E-state index in [1.54, 1.807) is 0 Å². The van der Waals surface area contributed by atoms with Crippen molar-refractivity contribution in [1.29, 1.82) is 0 Å². The van der Waals surface area contributed by atoms with Crippen molar-refractivity contribution in [2.75, 3.05) is 39.3 Å². The van der Waals surface area contributed by atoms with Crippen LogP contribution in [0.1, 0.15) is 6.42 Å². The fourth-order valence-electron chi connectivity index (χ4n) is 2.86. The Bertz CT molecular complexity index is 271. The Balaban J connectivity index is 1.71. The van der Waals surface area contributed by atoms with Crippen LogP contribution in [-0.4, -0.2) is 61.2 Å². The van der Waals surface area contributed by atoms with E-state index >= 15 is 0 Å². The van der Waals surface area contributed by atoms with E-state index < -0.39 is 0 Å². The fourth-order valence-corrected chi connectivity index (χ4v) is 2.86. The molecule has 2 atom stereocenters. The molecule has 0 saturated carbocycles. The molecule has 0 spiro atoms. The van der Waals surface area contributed by atoms with Gasteiger partial charge in [0.1, 0.15) is 5.76 Å². The third-order valence-corrected chi connectivity index (χ3v) is 3.80. The molecule has 4 aliphatic rings. The molecule has 4 nitrogen and oxygen atoms in total. The number of ether oxygens (including phenoxy) is 1. The highest BCUT2D eigenvalue weighted by Gasteiger charge is 2.37. The maximum absolute atomic E-state index is 6.28. The standard InChI is InChI=1S/C11H19N3O/c12-11(10-2-1-7-15-10)9-8-13-3-5-14(9)6-4-13/h2,9,11H,1,3-8,12H2. The Labute approximate surface area is 90.7 Å². The topological polar surface area (TPSA) is 41.7 Å². The molecule has 4 rings (SSSR count). The number of nitrogens with two attached hydrogens (primary N) is 1. The molecule has 2 unspecified atom stereocenters. The lowest BCUT2D eigenvalue weighted by Crippen LogP contribution is -2.66. The maximum Gasteiger partial charge on any atom is 0.110 e. The summed E-state index contributed by atoms with van der Waals surface area (Å²) < 4.78 is 5.57. The van der Waals surface area contributed by atoms with E-state index in [1.807, 2.05) is 0 Å². The molecule has 4 heterocycles. The normalized spacial score (nSPS) is 41.1. The van der Waals surface area contributed by atoms with E-state index in [-0.39, 0.29) is 6.04 Å². The molecule has 0 amide bonds. The molecular formula is C11H19N3O. The molecule has 4 aliphatic heterocycles. The highest BCUT2D eigenvalue weighted by atomic mass is 16.5. The molecule has 3 saturated heterocycles. The SMILES string of the molecule is NC(C1=CCCO1)C1CN2CCN1CC2. The van der Waals surface area contributed by atoms with Crippen molar-refractivity contribution in [3.63, 3.8) is 0 Å². The van der Waals surface area contributed by atoms with Crippen molar-refractivity contribution < 1.29 is 4.74 Å². The summed E-state index contributed by atoms with van der Waals surface area (Å²) in [7, 11) is 0. The van der Waals surface area contributed by atoms with Gasteiger partial charge in [0.25, 0.3) is 0 Å². The summed E-state index contributed by atoms with van der Waals surface area (Å²) in [6.45, 7) is 6.70. The largest absolute Gasteiger partial charge is 0.496 e. The first kappa shape index (κ1) is 9.63. The number of fused-ring (bicyclic) bond motifs is 3. The lowest BCUT2D eigenvalue weighted by molar-refractivity contribution is 0.000352. The minimum Gasteiger partial charge on any atom is -0.496 e. The summed E-state index contributed by atoms with van der Waals surface area (Å²) in [6, 6.07) is 0.549. The van der Waals surface area contributed by atoms with Gasteiger partial charge in [-0.3, -0.25) is 9.80 Å². The molecule has 0 aliphatic carbocycles. The molecule has 0 aromatic heterocycles. The Morgan fingerprint density at radius 3 is 2.67 bits per heavy atom. The van der Waals surface area contributed by atoms with Crippen molar-refractivity contribution in [1.82, 2.24) is 9.80 Å². The first-order chi connectivity index (χ1) is 7.34. The highest BCUT2D eigenvalue weighted by Crippen LogP contribution is 2.23. The summed E-state index contributed by atoms with van der Waals surface area (Å²) in [5.41, 5.74) is 6.28. The second-order valence-electron chi connectivity index (χ2n) is 4.67. The van der Waals surface area contributed by atoms with Gasteiger partial charge in [0.05, 0.1) is 12.6 Å². The second-order valence-corrected chi connectivity index (χ2v) is 4.67. The first-order valence-electron chi connectivity index (χ1n) is 5.89. The van der Waals surface area contributed by atoms with Crippen LogP contribution in [0.3, 0.4) is 0 Å². The zero-order valence-electron chi connectivity index (χ0n) is 9.06. The second kappa shape index (κ2) is 3.77. The van der Waals surface area contributed by atoms with Gasteiger partial charge in [-0.05, 0) is 6.08 Å². The molecule has 0 aromatic carbocycles. The van der Waals surface area contributed by atoms with Crippen molar-refractivity contribution >= 4 is 0 Å². The van der Waals surface area contributed by atoms with Gasteiger partial charge < -0.3 is 10.5 Å². The maximum atomic E-state index is 6.28. The average Bonchev–Trinajstić information content (AvgIpc) is 2.83. The van der Waals surface area contributed by atoms with Crippen LogP contribution in [0.2, 0.25) is 0 Å². The van der Waals surface area contributed by atoms with Gasteiger partial charge in [-0.1, -0.05) is 0 Å². The first-order valence-corrected chi connectivity index (χ1v) is 5.89. The molecule has 84 valence electrons. The molecule has 2 N–H and O–H groups in total. The summed E-state index contributed by atoms with van der Waals surface area (Å²) in [5.74, 6) is 1.02. The van der Waals surface area contributed by atoms with E-state index in [4.69, 9.17) is 10.5 Å². The Kier molecular flexibility index (Phi) is 2.42. The summed E-state index contributed by atoms with van der Waals surface area (Å²) in [5, 5.41) is 0. The van der Waals surface area contributed by atoms with E-state index in [2.05, 4.69) is 15.9 Å². The Hall–Kier alpha value is -0.580. The molecular weight excluding hydrogens is 190 g/mol. The van der Waals surface area contributed by atoms with Gasteiger partial charge in [-0.15, -0.1) is 0 Å². The number of hydrogen-bond acceptors (Lipinski definition) is 4. The van der Waals surface area contributed by atoms with Crippen LogP contribution >= 0.6 is 0 Å². The van der Waals surface area contributed by atoms with Crippen LogP contribution in [0, 0.1) is 0 Å². The van der Waals surface area contributed by atoms with Crippen LogP contribution in [-0.2, 0) is 4.74 Å². The minimum atomic E-state index is 0.0793. The molecule has 4 heteroatoms. The summed E-state index contributed by atoms with van der Waals surface area (Å²) in [4.78, 5) is 5.03. The van der Waals surface area contributed by atoms with Gasteiger partial charge in [0.15, 0.2) is 0 Å². The van der Waals surface area contributed by atoms with Gasteiger partial charge in [-0.2, -0.15) is 0 Å². The van der Waals surface area contributed by atoms with Crippen LogP contribution in [0.5, 0.6) is 0 Å². The number of rotatable bonds is 2. The molecule has 0 radical (unpaired) electrons. The zero-order chi connectivity index (χ0) is 10.3. The summed E-state index contributed by atoms with van der Waals surface area (Å²) in [6.07, 6.45) is 3.18. The van der Waals surface area contributed by atoms with Crippen LogP contribution in [0.15, 0.2) is 11.8 Å².